The molecule has 8 nitrogen and oxygen atoms in total. The minimum absolute atomic E-state index is 0.0372. The molecular formula is C32H38ClN3O5. The number of carbonyl (C=O) groups is 1. The number of carbonyl (C=O) groups excluding carboxylic acids is 1. The van der Waals surface area contributed by atoms with E-state index in [1.165, 1.54) is 5.56 Å². The second kappa shape index (κ2) is 12.7. The van der Waals surface area contributed by atoms with Gasteiger partial charge < -0.3 is 30.0 Å². The Labute approximate surface area is 245 Å². The highest BCUT2D eigenvalue weighted by Gasteiger charge is 2.45. The SMILES string of the molecule is Cc1ccc(OC(=O)N2CCc3c([nH]c4ccc(Cl)cc34)[C@@H]2C2(C)C=CC(OCCC(O)CNCCO)=CC2)cc1. The third-order valence-electron chi connectivity index (χ3n) is 7.93. The van der Waals surface area contributed by atoms with Gasteiger partial charge in [-0.25, -0.2) is 4.79 Å². The third kappa shape index (κ3) is 6.62. The lowest BCUT2D eigenvalue weighted by Crippen LogP contribution is -2.48. The van der Waals surface area contributed by atoms with Gasteiger partial charge in [-0.15, -0.1) is 0 Å². The molecule has 9 heteroatoms. The summed E-state index contributed by atoms with van der Waals surface area (Å²) in [6.45, 7) is 5.93. The van der Waals surface area contributed by atoms with Crippen LogP contribution in [-0.2, 0) is 11.2 Å². The van der Waals surface area contributed by atoms with Gasteiger partial charge >= 0.3 is 6.09 Å². The monoisotopic (exact) mass is 579 g/mol. The summed E-state index contributed by atoms with van der Waals surface area (Å²) in [4.78, 5) is 19.1. The summed E-state index contributed by atoms with van der Waals surface area (Å²) in [5.41, 5.74) is 3.83. The van der Waals surface area contributed by atoms with Gasteiger partial charge in [0.2, 0.25) is 0 Å². The van der Waals surface area contributed by atoms with Crippen molar-refractivity contribution >= 4 is 28.6 Å². The van der Waals surface area contributed by atoms with E-state index in [1.54, 1.807) is 0 Å². The molecule has 1 aromatic heterocycles. The van der Waals surface area contributed by atoms with Crippen molar-refractivity contribution in [2.24, 2.45) is 5.41 Å². The topological polar surface area (TPSA) is 107 Å². The van der Waals surface area contributed by atoms with E-state index < -0.39 is 11.5 Å². The molecule has 1 aliphatic carbocycles. The summed E-state index contributed by atoms with van der Waals surface area (Å²) < 4.78 is 11.8. The number of rotatable bonds is 10. The molecule has 2 aromatic carbocycles. The first kappa shape index (κ1) is 29.2. The number of aromatic nitrogens is 1. The van der Waals surface area contributed by atoms with Crippen molar-refractivity contribution in [1.29, 1.82) is 0 Å². The number of aryl methyl sites for hydroxylation is 1. The van der Waals surface area contributed by atoms with Crippen LogP contribution in [0.5, 0.6) is 5.75 Å². The Hall–Kier alpha value is -3.30. The molecule has 0 saturated heterocycles. The second-order valence-electron chi connectivity index (χ2n) is 11.1. The molecule has 2 aliphatic rings. The summed E-state index contributed by atoms with van der Waals surface area (Å²) in [6, 6.07) is 13.0. The van der Waals surface area contributed by atoms with E-state index in [9.17, 15) is 9.90 Å². The number of halogens is 1. The van der Waals surface area contributed by atoms with Crippen LogP contribution in [0.3, 0.4) is 0 Å². The Balaban J connectivity index is 1.36. The number of amides is 1. The molecule has 0 fully saturated rings. The Morgan fingerprint density at radius 1 is 1.27 bits per heavy atom. The standard InChI is InChI=1S/C32H38ClN3O5/c1-21-3-6-25(7-4-21)41-31(39)36-16-11-26-27-19-22(33)5-8-28(27)35-29(26)30(36)32(2)13-9-24(10-14-32)40-18-12-23(38)20-34-15-17-37/h3-10,13,19,23,30,34-35,37-38H,11-12,14-18,20H2,1-2H3/t23?,30-,32?/m1/s1. The average Bonchev–Trinajstić information content (AvgIpc) is 3.32. The quantitative estimate of drug-likeness (QED) is 0.239. The molecule has 3 atom stereocenters. The number of benzene rings is 2. The molecule has 5 rings (SSSR count). The average molecular weight is 580 g/mol. The zero-order valence-electron chi connectivity index (χ0n) is 23.5. The van der Waals surface area contributed by atoms with Gasteiger partial charge in [0.1, 0.15) is 11.5 Å². The summed E-state index contributed by atoms with van der Waals surface area (Å²) in [7, 11) is 0. The Morgan fingerprint density at radius 3 is 2.80 bits per heavy atom. The van der Waals surface area contributed by atoms with Crippen LogP contribution in [-0.4, -0.2) is 65.1 Å². The number of fused-ring (bicyclic) bond motifs is 3. The van der Waals surface area contributed by atoms with Gasteiger partial charge in [0, 0.05) is 53.1 Å². The lowest BCUT2D eigenvalue weighted by molar-refractivity contribution is 0.0816. The van der Waals surface area contributed by atoms with Crippen LogP contribution < -0.4 is 10.1 Å². The highest BCUT2D eigenvalue weighted by Crippen LogP contribution is 2.49. The molecule has 1 amide bonds. The van der Waals surface area contributed by atoms with Crippen molar-refractivity contribution in [2.45, 2.75) is 45.3 Å². The number of hydrogen-bond acceptors (Lipinski definition) is 6. The van der Waals surface area contributed by atoms with Gasteiger partial charge in [0.05, 0.1) is 25.4 Å². The zero-order valence-corrected chi connectivity index (χ0v) is 24.3. The maximum absolute atomic E-state index is 13.7. The van der Waals surface area contributed by atoms with Gasteiger partial charge in [-0.2, -0.15) is 0 Å². The van der Waals surface area contributed by atoms with E-state index in [0.29, 0.717) is 56.3 Å². The number of nitrogens with zero attached hydrogens (tertiary/aromatic N) is 1. The first-order valence-corrected chi connectivity index (χ1v) is 14.5. The number of aromatic amines is 1. The fourth-order valence-electron chi connectivity index (χ4n) is 5.71. The summed E-state index contributed by atoms with van der Waals surface area (Å²) in [6.07, 6.45) is 7.00. The molecule has 218 valence electrons. The largest absolute Gasteiger partial charge is 0.494 e. The maximum Gasteiger partial charge on any atom is 0.415 e. The Bertz CT molecular complexity index is 1430. The van der Waals surface area contributed by atoms with Crippen molar-refractivity contribution in [1.82, 2.24) is 15.2 Å². The molecule has 2 heterocycles. The van der Waals surface area contributed by atoms with Crippen LogP contribution in [0, 0.1) is 12.3 Å². The van der Waals surface area contributed by atoms with Crippen molar-refractivity contribution in [3.8, 4) is 5.75 Å². The number of aliphatic hydroxyl groups excluding tert-OH is 2. The number of H-pyrrole nitrogens is 1. The van der Waals surface area contributed by atoms with Crippen LogP contribution in [0.1, 0.15) is 42.6 Å². The number of allylic oxidation sites excluding steroid dienone is 2. The molecule has 0 radical (unpaired) electrons. The minimum Gasteiger partial charge on any atom is -0.494 e. The highest BCUT2D eigenvalue weighted by molar-refractivity contribution is 6.31. The Kier molecular flexibility index (Phi) is 9.04. The Morgan fingerprint density at radius 2 is 2.07 bits per heavy atom. The van der Waals surface area contributed by atoms with Crippen LogP contribution in [0.4, 0.5) is 4.79 Å². The van der Waals surface area contributed by atoms with Crippen molar-refractivity contribution in [3.05, 3.63) is 88.3 Å². The van der Waals surface area contributed by atoms with Crippen LogP contribution in [0.15, 0.2) is 66.5 Å². The number of hydrogen-bond donors (Lipinski definition) is 4. The first-order valence-electron chi connectivity index (χ1n) is 14.1. The van der Waals surface area contributed by atoms with Crippen LogP contribution in [0.2, 0.25) is 5.02 Å². The molecule has 3 aromatic rings. The molecule has 41 heavy (non-hydrogen) atoms. The van der Waals surface area contributed by atoms with Crippen molar-refractivity contribution in [3.63, 3.8) is 0 Å². The lowest BCUT2D eigenvalue weighted by atomic mass is 9.72. The highest BCUT2D eigenvalue weighted by atomic mass is 35.5. The van der Waals surface area contributed by atoms with E-state index in [1.807, 2.05) is 66.4 Å². The minimum atomic E-state index is -0.552. The zero-order chi connectivity index (χ0) is 29.0. The summed E-state index contributed by atoms with van der Waals surface area (Å²) in [5, 5.41) is 23.7. The van der Waals surface area contributed by atoms with Gasteiger partial charge in [0.15, 0.2) is 0 Å². The number of nitrogens with one attached hydrogen (secondary N) is 2. The van der Waals surface area contributed by atoms with Gasteiger partial charge in [-0.1, -0.05) is 42.3 Å². The predicted molar refractivity (Wildman–Crippen MR) is 160 cm³/mol. The first-order chi connectivity index (χ1) is 19.8. The van der Waals surface area contributed by atoms with Crippen LogP contribution >= 0.6 is 11.6 Å². The molecule has 0 bridgehead atoms. The fraction of sp³-hybridized carbons (Fsp3) is 0.406. The predicted octanol–water partition coefficient (Wildman–Crippen LogP) is 5.43. The second-order valence-corrected chi connectivity index (χ2v) is 11.5. The van der Waals surface area contributed by atoms with Crippen LogP contribution in [0.25, 0.3) is 10.9 Å². The van der Waals surface area contributed by atoms with Gasteiger partial charge in [-0.05, 0) is 67.8 Å². The van der Waals surface area contributed by atoms with E-state index in [0.717, 1.165) is 27.9 Å². The van der Waals surface area contributed by atoms with E-state index >= 15 is 0 Å². The third-order valence-corrected chi connectivity index (χ3v) is 8.17. The molecular weight excluding hydrogens is 542 g/mol. The smallest absolute Gasteiger partial charge is 0.415 e. The molecule has 0 spiro atoms. The molecule has 2 unspecified atom stereocenters. The number of ether oxygens (including phenoxy) is 2. The van der Waals surface area contributed by atoms with Gasteiger partial charge in [-0.3, -0.25) is 4.90 Å². The summed E-state index contributed by atoms with van der Waals surface area (Å²) in [5.74, 6) is 1.26. The van der Waals surface area contributed by atoms with E-state index in [4.69, 9.17) is 26.2 Å². The van der Waals surface area contributed by atoms with Crippen molar-refractivity contribution < 1.29 is 24.5 Å². The number of aliphatic hydroxyl groups is 2. The van der Waals surface area contributed by atoms with Crippen molar-refractivity contribution in [2.75, 3.05) is 32.8 Å². The normalized spacial score (nSPS) is 21.0. The lowest BCUT2D eigenvalue weighted by Gasteiger charge is -2.45. The molecule has 0 saturated carbocycles. The van der Waals surface area contributed by atoms with E-state index in [-0.39, 0.29) is 18.7 Å². The maximum atomic E-state index is 13.7. The van der Waals surface area contributed by atoms with Gasteiger partial charge in [0.25, 0.3) is 0 Å². The molecule has 4 N–H and O–H groups in total. The van der Waals surface area contributed by atoms with E-state index in [2.05, 4.69) is 23.3 Å². The summed E-state index contributed by atoms with van der Waals surface area (Å²) >= 11 is 6.36. The fourth-order valence-corrected chi connectivity index (χ4v) is 5.88. The molecule has 1 aliphatic heterocycles.